The average molecular weight is 243 g/mol. The van der Waals surface area contributed by atoms with Gasteiger partial charge in [0.05, 0.1) is 0 Å². The number of likely N-dealkylation sites (N-methyl/N-ethyl adjacent to an activating group) is 1. The first-order valence-electron chi connectivity index (χ1n) is 6.79. The van der Waals surface area contributed by atoms with E-state index >= 15 is 0 Å². The molecule has 2 aliphatic rings. The van der Waals surface area contributed by atoms with Gasteiger partial charge in [0, 0.05) is 17.8 Å². The van der Waals surface area contributed by atoms with E-state index in [1.54, 1.807) is 0 Å². The minimum atomic E-state index is 0.178. The van der Waals surface area contributed by atoms with Crippen LogP contribution in [0.25, 0.3) is 0 Å². The van der Waals surface area contributed by atoms with Crippen LogP contribution in [-0.2, 0) is 4.79 Å². The highest BCUT2D eigenvalue weighted by atomic mass is 16.2. The molecule has 18 heavy (non-hydrogen) atoms. The SMILES string of the molecule is CCN(C(=O)C1=C(C)C=CCC1)C1=CCCC=C1. The Balaban J connectivity index is 2.23. The molecule has 0 aliphatic heterocycles. The fourth-order valence-corrected chi connectivity index (χ4v) is 2.47. The molecule has 0 fully saturated rings. The minimum absolute atomic E-state index is 0.178. The molecular weight excluding hydrogens is 222 g/mol. The van der Waals surface area contributed by atoms with E-state index in [1.807, 2.05) is 18.7 Å². The van der Waals surface area contributed by atoms with Crippen LogP contribution < -0.4 is 0 Å². The van der Waals surface area contributed by atoms with Crippen LogP contribution in [0.15, 0.2) is 47.2 Å². The first-order chi connectivity index (χ1) is 8.74. The summed E-state index contributed by atoms with van der Waals surface area (Å²) in [6, 6.07) is 0. The van der Waals surface area contributed by atoms with Gasteiger partial charge in [0.1, 0.15) is 0 Å². The number of rotatable bonds is 3. The Morgan fingerprint density at radius 1 is 1.22 bits per heavy atom. The van der Waals surface area contributed by atoms with E-state index in [9.17, 15) is 4.79 Å². The smallest absolute Gasteiger partial charge is 0.254 e. The molecule has 2 nitrogen and oxygen atoms in total. The van der Waals surface area contributed by atoms with Crippen molar-refractivity contribution in [2.75, 3.05) is 6.54 Å². The molecule has 96 valence electrons. The second-order valence-corrected chi connectivity index (χ2v) is 4.76. The third-order valence-corrected chi connectivity index (χ3v) is 3.51. The first-order valence-corrected chi connectivity index (χ1v) is 6.79. The Morgan fingerprint density at radius 3 is 2.61 bits per heavy atom. The molecule has 0 spiro atoms. The lowest BCUT2D eigenvalue weighted by molar-refractivity contribution is -0.125. The van der Waals surface area contributed by atoms with Crippen molar-refractivity contribution in [2.45, 2.75) is 39.5 Å². The fourth-order valence-electron chi connectivity index (χ4n) is 2.47. The van der Waals surface area contributed by atoms with E-state index in [4.69, 9.17) is 0 Å². The summed E-state index contributed by atoms with van der Waals surface area (Å²) in [5.41, 5.74) is 3.15. The van der Waals surface area contributed by atoms with Crippen molar-refractivity contribution < 1.29 is 4.79 Å². The topological polar surface area (TPSA) is 20.3 Å². The van der Waals surface area contributed by atoms with Crippen molar-refractivity contribution in [3.8, 4) is 0 Å². The number of amides is 1. The van der Waals surface area contributed by atoms with Gasteiger partial charge in [-0.2, -0.15) is 0 Å². The molecule has 0 radical (unpaired) electrons. The summed E-state index contributed by atoms with van der Waals surface area (Å²) in [5, 5.41) is 0. The van der Waals surface area contributed by atoms with Crippen LogP contribution in [0.5, 0.6) is 0 Å². The molecule has 0 aromatic rings. The predicted molar refractivity (Wildman–Crippen MR) is 74.9 cm³/mol. The van der Waals surface area contributed by atoms with Gasteiger partial charge in [-0.15, -0.1) is 0 Å². The molecule has 0 bridgehead atoms. The zero-order chi connectivity index (χ0) is 13.0. The van der Waals surface area contributed by atoms with Gasteiger partial charge < -0.3 is 4.90 Å². The van der Waals surface area contributed by atoms with Gasteiger partial charge in [0.25, 0.3) is 5.91 Å². The summed E-state index contributed by atoms with van der Waals surface area (Å²) in [6.07, 6.45) is 14.5. The first kappa shape index (κ1) is 12.9. The zero-order valence-electron chi connectivity index (χ0n) is 11.3. The van der Waals surface area contributed by atoms with Gasteiger partial charge in [0.15, 0.2) is 0 Å². The van der Waals surface area contributed by atoms with Crippen molar-refractivity contribution >= 4 is 5.91 Å². The molecule has 2 rings (SSSR count). The van der Waals surface area contributed by atoms with Gasteiger partial charge >= 0.3 is 0 Å². The highest BCUT2D eigenvalue weighted by Gasteiger charge is 2.21. The lowest BCUT2D eigenvalue weighted by Gasteiger charge is -2.26. The van der Waals surface area contributed by atoms with Crippen LogP contribution in [0, 0.1) is 0 Å². The van der Waals surface area contributed by atoms with Gasteiger partial charge in [-0.3, -0.25) is 4.79 Å². The van der Waals surface area contributed by atoms with Crippen LogP contribution in [-0.4, -0.2) is 17.4 Å². The highest BCUT2D eigenvalue weighted by molar-refractivity contribution is 5.96. The summed E-state index contributed by atoms with van der Waals surface area (Å²) in [6.45, 7) is 4.80. The van der Waals surface area contributed by atoms with Crippen LogP contribution in [0.4, 0.5) is 0 Å². The number of hydrogen-bond donors (Lipinski definition) is 0. The molecule has 0 aromatic carbocycles. The predicted octanol–water partition coefficient (Wildman–Crippen LogP) is 3.74. The number of carbonyl (C=O) groups excluding carboxylic acids is 1. The molecule has 0 N–H and O–H groups in total. The molecule has 2 heteroatoms. The van der Waals surface area contributed by atoms with Crippen molar-refractivity contribution in [1.29, 1.82) is 0 Å². The van der Waals surface area contributed by atoms with Crippen LogP contribution in [0.3, 0.4) is 0 Å². The van der Waals surface area contributed by atoms with Gasteiger partial charge in [-0.25, -0.2) is 0 Å². The summed E-state index contributed by atoms with van der Waals surface area (Å²) < 4.78 is 0. The lowest BCUT2D eigenvalue weighted by atomic mass is 9.97. The highest BCUT2D eigenvalue weighted by Crippen LogP contribution is 2.24. The van der Waals surface area contributed by atoms with Gasteiger partial charge in [-0.05, 0) is 51.2 Å². The molecule has 0 saturated carbocycles. The Bertz CT molecular complexity index is 452. The number of carbonyl (C=O) groups is 1. The fraction of sp³-hybridized carbons (Fsp3) is 0.438. The van der Waals surface area contributed by atoms with Gasteiger partial charge in [-0.1, -0.05) is 24.3 Å². The van der Waals surface area contributed by atoms with Crippen LogP contribution in [0.2, 0.25) is 0 Å². The van der Waals surface area contributed by atoms with E-state index in [0.717, 1.165) is 49.1 Å². The van der Waals surface area contributed by atoms with Crippen molar-refractivity contribution in [3.05, 3.63) is 47.2 Å². The standard InChI is InChI=1S/C16H21NO/c1-3-17(14-10-5-4-6-11-14)16(18)15-12-8-7-9-13(15)2/h5,7,9-11H,3-4,6,8,12H2,1-2H3. The van der Waals surface area contributed by atoms with Crippen molar-refractivity contribution in [3.63, 3.8) is 0 Å². The van der Waals surface area contributed by atoms with Crippen molar-refractivity contribution in [2.24, 2.45) is 0 Å². The molecule has 0 unspecified atom stereocenters. The summed E-state index contributed by atoms with van der Waals surface area (Å²) in [4.78, 5) is 14.5. The molecule has 0 saturated heterocycles. The quantitative estimate of drug-likeness (QED) is 0.739. The number of nitrogens with zero attached hydrogens (tertiary/aromatic N) is 1. The van der Waals surface area contributed by atoms with Gasteiger partial charge in [0.2, 0.25) is 0 Å². The number of allylic oxidation sites excluding steroid dienone is 6. The van der Waals surface area contributed by atoms with E-state index in [0.29, 0.717) is 0 Å². The molecule has 1 amide bonds. The van der Waals surface area contributed by atoms with E-state index in [1.165, 1.54) is 0 Å². The minimum Gasteiger partial charge on any atom is -0.309 e. The Kier molecular flexibility index (Phi) is 4.19. The second-order valence-electron chi connectivity index (χ2n) is 4.76. The molecule has 2 aliphatic carbocycles. The Hall–Kier alpha value is -1.57. The average Bonchev–Trinajstić information content (AvgIpc) is 2.41. The number of hydrogen-bond acceptors (Lipinski definition) is 1. The molecule has 0 atom stereocenters. The zero-order valence-corrected chi connectivity index (χ0v) is 11.3. The maximum Gasteiger partial charge on any atom is 0.254 e. The molecule has 0 aromatic heterocycles. The lowest BCUT2D eigenvalue weighted by Crippen LogP contribution is -2.32. The summed E-state index contributed by atoms with van der Waals surface area (Å²) >= 11 is 0. The van der Waals surface area contributed by atoms with E-state index < -0.39 is 0 Å². The van der Waals surface area contributed by atoms with E-state index in [-0.39, 0.29) is 5.91 Å². The molecular formula is C16H21NO. The maximum atomic E-state index is 12.6. The largest absolute Gasteiger partial charge is 0.309 e. The maximum absolute atomic E-state index is 12.6. The van der Waals surface area contributed by atoms with Crippen LogP contribution >= 0.6 is 0 Å². The van der Waals surface area contributed by atoms with Crippen LogP contribution in [0.1, 0.15) is 39.5 Å². The van der Waals surface area contributed by atoms with Crippen molar-refractivity contribution in [1.82, 2.24) is 4.90 Å². The molecule has 0 heterocycles. The third-order valence-electron chi connectivity index (χ3n) is 3.51. The van der Waals surface area contributed by atoms with E-state index in [2.05, 4.69) is 30.4 Å². The Morgan fingerprint density at radius 2 is 2.00 bits per heavy atom. The third kappa shape index (κ3) is 2.63. The monoisotopic (exact) mass is 243 g/mol. The Labute approximate surface area is 109 Å². The second kappa shape index (κ2) is 5.85. The summed E-state index contributed by atoms with van der Waals surface area (Å²) in [7, 11) is 0. The summed E-state index contributed by atoms with van der Waals surface area (Å²) in [5.74, 6) is 0.178. The normalized spacial score (nSPS) is 18.9.